The Morgan fingerprint density at radius 3 is 2.62 bits per heavy atom. The van der Waals surface area contributed by atoms with E-state index in [1.54, 1.807) is 12.1 Å². The first kappa shape index (κ1) is 16.5. The highest BCUT2D eigenvalue weighted by Crippen LogP contribution is 2.18. The number of benzene rings is 2. The molecule has 24 heavy (non-hydrogen) atoms. The fourth-order valence-corrected chi connectivity index (χ4v) is 2.77. The number of nitrogens with zero attached hydrogens (tertiary/aromatic N) is 2. The molecule has 1 amide bonds. The molecule has 0 spiro atoms. The molecule has 0 radical (unpaired) electrons. The van der Waals surface area contributed by atoms with E-state index < -0.39 is 0 Å². The molecule has 3 aromatic rings. The molecule has 0 saturated carbocycles. The summed E-state index contributed by atoms with van der Waals surface area (Å²) in [6.07, 6.45) is 0. The van der Waals surface area contributed by atoms with Crippen LogP contribution >= 0.6 is 23.4 Å². The van der Waals surface area contributed by atoms with Crippen molar-refractivity contribution in [2.45, 2.75) is 11.7 Å². The number of carbonyl (C=O) groups excluding carboxylic acids is 1. The second kappa shape index (κ2) is 7.99. The van der Waals surface area contributed by atoms with E-state index >= 15 is 0 Å². The van der Waals surface area contributed by atoms with Crippen LogP contribution < -0.4 is 5.32 Å². The molecule has 3 rings (SSSR count). The number of carbonyl (C=O) groups is 1. The molecule has 0 bridgehead atoms. The lowest BCUT2D eigenvalue weighted by Gasteiger charge is -2.04. The fraction of sp³-hybridized carbons (Fsp3) is 0.118. The number of halogens is 1. The molecule has 2 aromatic carbocycles. The second-order valence-corrected chi connectivity index (χ2v) is 6.40. The zero-order valence-electron chi connectivity index (χ0n) is 12.7. The molecule has 7 heteroatoms. The largest absolute Gasteiger partial charge is 0.351 e. The molecule has 0 aliphatic carbocycles. The Morgan fingerprint density at radius 2 is 1.88 bits per heavy atom. The highest BCUT2D eigenvalue weighted by Gasteiger charge is 2.08. The van der Waals surface area contributed by atoms with E-state index in [-0.39, 0.29) is 11.7 Å². The molecule has 2 N–H and O–H groups in total. The van der Waals surface area contributed by atoms with Crippen molar-refractivity contribution in [3.8, 4) is 11.4 Å². The summed E-state index contributed by atoms with van der Waals surface area (Å²) in [7, 11) is 0. The van der Waals surface area contributed by atoms with Crippen molar-refractivity contribution in [2.24, 2.45) is 0 Å². The number of amides is 1. The molecule has 0 atom stereocenters. The summed E-state index contributed by atoms with van der Waals surface area (Å²) in [4.78, 5) is 16.3. The normalized spacial score (nSPS) is 10.5. The predicted octanol–water partition coefficient (Wildman–Crippen LogP) is 3.53. The topological polar surface area (TPSA) is 70.7 Å². The summed E-state index contributed by atoms with van der Waals surface area (Å²) in [5, 5.41) is 11.1. The molecule has 5 nitrogen and oxygen atoms in total. The van der Waals surface area contributed by atoms with Crippen LogP contribution in [-0.4, -0.2) is 26.8 Å². The smallest absolute Gasteiger partial charge is 0.230 e. The number of rotatable bonds is 6. The maximum Gasteiger partial charge on any atom is 0.230 e. The lowest BCUT2D eigenvalue weighted by molar-refractivity contribution is -0.118. The van der Waals surface area contributed by atoms with E-state index in [1.807, 2.05) is 42.5 Å². The monoisotopic (exact) mass is 358 g/mol. The van der Waals surface area contributed by atoms with Gasteiger partial charge in [-0.3, -0.25) is 9.89 Å². The first-order valence-corrected chi connectivity index (χ1v) is 8.69. The Hall–Kier alpha value is -2.31. The number of aromatic nitrogens is 3. The number of nitrogens with one attached hydrogen (secondary N) is 2. The SMILES string of the molecule is O=C(CSc1n[nH]c(-c2ccccc2)n1)NCc1ccc(Cl)cc1. The van der Waals surface area contributed by atoms with Crippen LogP contribution in [0.1, 0.15) is 5.56 Å². The summed E-state index contributed by atoms with van der Waals surface area (Å²) in [6, 6.07) is 17.1. The van der Waals surface area contributed by atoms with Crippen molar-refractivity contribution in [2.75, 3.05) is 5.75 Å². The van der Waals surface area contributed by atoms with Gasteiger partial charge in [-0.1, -0.05) is 65.8 Å². The maximum atomic E-state index is 11.9. The van der Waals surface area contributed by atoms with Crippen molar-refractivity contribution in [3.05, 3.63) is 65.2 Å². The lowest BCUT2D eigenvalue weighted by Crippen LogP contribution is -2.24. The van der Waals surface area contributed by atoms with Crippen LogP contribution in [0, 0.1) is 0 Å². The Kier molecular flexibility index (Phi) is 5.51. The van der Waals surface area contributed by atoms with Gasteiger partial charge in [-0.25, -0.2) is 4.98 Å². The average molecular weight is 359 g/mol. The summed E-state index contributed by atoms with van der Waals surface area (Å²) >= 11 is 7.13. The number of H-pyrrole nitrogens is 1. The van der Waals surface area contributed by atoms with Crippen molar-refractivity contribution >= 4 is 29.3 Å². The van der Waals surface area contributed by atoms with E-state index in [0.717, 1.165) is 11.1 Å². The molecule has 1 aromatic heterocycles. The zero-order chi connectivity index (χ0) is 16.8. The third-order valence-electron chi connectivity index (χ3n) is 3.25. The first-order valence-electron chi connectivity index (χ1n) is 7.32. The number of hydrogen-bond acceptors (Lipinski definition) is 4. The van der Waals surface area contributed by atoms with E-state index in [4.69, 9.17) is 11.6 Å². The minimum absolute atomic E-state index is 0.0685. The number of thioether (sulfide) groups is 1. The van der Waals surface area contributed by atoms with Gasteiger partial charge in [-0.05, 0) is 17.7 Å². The highest BCUT2D eigenvalue weighted by atomic mass is 35.5. The van der Waals surface area contributed by atoms with Crippen LogP contribution in [0.25, 0.3) is 11.4 Å². The van der Waals surface area contributed by atoms with Gasteiger partial charge in [-0.15, -0.1) is 5.10 Å². The van der Waals surface area contributed by atoms with Crippen LogP contribution in [0.15, 0.2) is 59.8 Å². The summed E-state index contributed by atoms with van der Waals surface area (Å²) in [6.45, 7) is 0.472. The quantitative estimate of drug-likeness (QED) is 0.661. The summed E-state index contributed by atoms with van der Waals surface area (Å²) < 4.78 is 0. The standard InChI is InChI=1S/C17H15ClN4OS/c18-14-8-6-12(7-9-14)10-19-15(23)11-24-17-20-16(21-22-17)13-4-2-1-3-5-13/h1-9H,10-11H2,(H,19,23)(H,20,21,22). The third kappa shape index (κ3) is 4.59. The molecule has 122 valence electrons. The van der Waals surface area contributed by atoms with E-state index in [9.17, 15) is 4.79 Å². The minimum Gasteiger partial charge on any atom is -0.351 e. The van der Waals surface area contributed by atoms with Crippen LogP contribution in [0.5, 0.6) is 0 Å². The van der Waals surface area contributed by atoms with Gasteiger partial charge in [0.1, 0.15) is 0 Å². The molecule has 0 aliphatic heterocycles. The summed E-state index contributed by atoms with van der Waals surface area (Å²) in [5.74, 6) is 0.889. The van der Waals surface area contributed by atoms with Crippen molar-refractivity contribution in [1.82, 2.24) is 20.5 Å². The van der Waals surface area contributed by atoms with Crippen LogP contribution in [0.4, 0.5) is 0 Å². The minimum atomic E-state index is -0.0685. The van der Waals surface area contributed by atoms with E-state index in [1.165, 1.54) is 11.8 Å². The van der Waals surface area contributed by atoms with Gasteiger partial charge in [0, 0.05) is 17.1 Å². The van der Waals surface area contributed by atoms with Crippen molar-refractivity contribution in [1.29, 1.82) is 0 Å². The van der Waals surface area contributed by atoms with Crippen LogP contribution in [0.2, 0.25) is 5.02 Å². The van der Waals surface area contributed by atoms with Gasteiger partial charge < -0.3 is 5.32 Å². The van der Waals surface area contributed by atoms with Gasteiger partial charge >= 0.3 is 0 Å². The highest BCUT2D eigenvalue weighted by molar-refractivity contribution is 7.99. The Labute approximate surface area is 148 Å². The molecular weight excluding hydrogens is 344 g/mol. The number of hydrogen-bond donors (Lipinski definition) is 2. The summed E-state index contributed by atoms with van der Waals surface area (Å²) in [5.41, 5.74) is 1.96. The molecule has 0 unspecified atom stereocenters. The van der Waals surface area contributed by atoms with Gasteiger partial charge in [0.15, 0.2) is 5.82 Å². The first-order chi connectivity index (χ1) is 11.7. The predicted molar refractivity (Wildman–Crippen MR) is 95.8 cm³/mol. The van der Waals surface area contributed by atoms with E-state index in [0.29, 0.717) is 22.5 Å². The van der Waals surface area contributed by atoms with Crippen LogP contribution in [0.3, 0.4) is 0 Å². The van der Waals surface area contributed by atoms with Gasteiger partial charge in [0.05, 0.1) is 5.75 Å². The Balaban J connectivity index is 1.48. The molecule has 0 fully saturated rings. The average Bonchev–Trinajstić information content (AvgIpc) is 3.09. The fourth-order valence-electron chi connectivity index (χ4n) is 2.02. The van der Waals surface area contributed by atoms with Crippen LogP contribution in [-0.2, 0) is 11.3 Å². The third-order valence-corrected chi connectivity index (χ3v) is 4.35. The Morgan fingerprint density at radius 1 is 1.12 bits per heavy atom. The van der Waals surface area contributed by atoms with Gasteiger partial charge in [0.25, 0.3) is 0 Å². The van der Waals surface area contributed by atoms with Crippen molar-refractivity contribution in [3.63, 3.8) is 0 Å². The molecule has 0 aliphatic rings. The van der Waals surface area contributed by atoms with Gasteiger partial charge in [0.2, 0.25) is 11.1 Å². The zero-order valence-corrected chi connectivity index (χ0v) is 14.3. The lowest BCUT2D eigenvalue weighted by atomic mass is 10.2. The number of aromatic amines is 1. The van der Waals surface area contributed by atoms with Gasteiger partial charge in [-0.2, -0.15) is 0 Å². The van der Waals surface area contributed by atoms with E-state index in [2.05, 4.69) is 20.5 Å². The molecular formula is C17H15ClN4OS. The Bertz CT molecular complexity index is 805. The molecule has 0 saturated heterocycles. The maximum absolute atomic E-state index is 11.9. The molecule has 1 heterocycles. The second-order valence-electron chi connectivity index (χ2n) is 5.02. The van der Waals surface area contributed by atoms with Crippen molar-refractivity contribution < 1.29 is 4.79 Å².